The van der Waals surface area contributed by atoms with Gasteiger partial charge in [-0.25, -0.2) is 0 Å². The van der Waals surface area contributed by atoms with Gasteiger partial charge >= 0.3 is 0 Å². The molecule has 0 aromatic heterocycles. The third-order valence-electron chi connectivity index (χ3n) is 2.57. The van der Waals surface area contributed by atoms with Crippen molar-refractivity contribution in [1.82, 2.24) is 5.32 Å². The fourth-order valence-electron chi connectivity index (χ4n) is 1.07. The van der Waals surface area contributed by atoms with E-state index in [1.54, 1.807) is 0 Å². The number of benzene rings is 1. The molecule has 0 heterocycles. The van der Waals surface area contributed by atoms with E-state index >= 15 is 0 Å². The maximum Gasteiger partial charge on any atom is 0.0210 e. The maximum absolute atomic E-state index is 3.53. The van der Waals surface area contributed by atoms with Crippen LogP contribution in [0.4, 0.5) is 0 Å². The molecule has 0 bridgehead atoms. The van der Waals surface area contributed by atoms with Gasteiger partial charge in [-0.15, -0.1) is 0 Å². The Labute approximate surface area is 95.0 Å². The highest BCUT2D eigenvalue weighted by Gasteiger charge is 2.12. The van der Waals surface area contributed by atoms with E-state index in [9.17, 15) is 0 Å². The van der Waals surface area contributed by atoms with Crippen molar-refractivity contribution in [2.45, 2.75) is 39.3 Å². The summed E-state index contributed by atoms with van der Waals surface area (Å²) in [4.78, 5) is 0. The molecule has 1 nitrogen and oxygen atoms in total. The van der Waals surface area contributed by atoms with Crippen LogP contribution < -0.4 is 5.32 Å². The Morgan fingerprint density at radius 1 is 1.21 bits per heavy atom. The summed E-state index contributed by atoms with van der Waals surface area (Å²) in [6.45, 7) is 7.60. The summed E-state index contributed by atoms with van der Waals surface area (Å²) < 4.78 is 1.14. The van der Waals surface area contributed by atoms with Gasteiger partial charge in [0.1, 0.15) is 0 Å². The number of hydrogen-bond donors (Lipinski definition) is 1. The van der Waals surface area contributed by atoms with Crippen LogP contribution in [0.2, 0.25) is 0 Å². The summed E-state index contributed by atoms with van der Waals surface area (Å²) >= 11 is 3.43. The second-order valence-corrected chi connectivity index (χ2v) is 5.13. The van der Waals surface area contributed by atoms with Gasteiger partial charge in [0.25, 0.3) is 0 Å². The Morgan fingerprint density at radius 3 is 2.29 bits per heavy atom. The molecule has 0 fully saturated rings. The normalized spacial score (nSPS) is 11.7. The zero-order chi connectivity index (χ0) is 10.6. The monoisotopic (exact) mass is 255 g/mol. The van der Waals surface area contributed by atoms with Crippen molar-refractivity contribution in [3.05, 3.63) is 34.3 Å². The summed E-state index contributed by atoms with van der Waals surface area (Å²) in [5.74, 6) is 0. The fourth-order valence-corrected chi connectivity index (χ4v) is 1.33. The minimum atomic E-state index is 0.229. The SMILES string of the molecule is CCC(C)(C)NCc1ccc(Br)cc1. The molecular formula is C12H18BrN. The first-order valence-electron chi connectivity index (χ1n) is 5.03. The van der Waals surface area contributed by atoms with Gasteiger partial charge < -0.3 is 5.32 Å². The lowest BCUT2D eigenvalue weighted by Crippen LogP contribution is -2.37. The van der Waals surface area contributed by atoms with Gasteiger partial charge in [0.15, 0.2) is 0 Å². The molecule has 0 radical (unpaired) electrons. The van der Waals surface area contributed by atoms with Crippen LogP contribution in [0.1, 0.15) is 32.8 Å². The van der Waals surface area contributed by atoms with Crippen LogP contribution in [0, 0.1) is 0 Å². The predicted molar refractivity (Wildman–Crippen MR) is 65.4 cm³/mol. The third kappa shape index (κ3) is 3.81. The molecule has 0 aliphatic carbocycles. The second-order valence-electron chi connectivity index (χ2n) is 4.22. The van der Waals surface area contributed by atoms with Crippen LogP contribution in [0.3, 0.4) is 0 Å². The third-order valence-corrected chi connectivity index (χ3v) is 3.10. The topological polar surface area (TPSA) is 12.0 Å². The molecular weight excluding hydrogens is 238 g/mol. The van der Waals surface area contributed by atoms with Crippen molar-refractivity contribution in [3.8, 4) is 0 Å². The fraction of sp³-hybridized carbons (Fsp3) is 0.500. The molecule has 1 rings (SSSR count). The summed E-state index contributed by atoms with van der Waals surface area (Å²) in [7, 11) is 0. The summed E-state index contributed by atoms with van der Waals surface area (Å²) in [5, 5.41) is 3.53. The number of rotatable bonds is 4. The average Bonchev–Trinajstić information content (AvgIpc) is 2.17. The number of hydrogen-bond acceptors (Lipinski definition) is 1. The van der Waals surface area contributed by atoms with Crippen LogP contribution >= 0.6 is 15.9 Å². The first-order valence-corrected chi connectivity index (χ1v) is 5.82. The lowest BCUT2D eigenvalue weighted by molar-refractivity contribution is 0.374. The molecule has 14 heavy (non-hydrogen) atoms. The van der Waals surface area contributed by atoms with Gasteiger partial charge in [-0.05, 0) is 38.0 Å². The quantitative estimate of drug-likeness (QED) is 0.865. The molecule has 0 amide bonds. The Balaban J connectivity index is 2.50. The van der Waals surface area contributed by atoms with E-state index < -0.39 is 0 Å². The van der Waals surface area contributed by atoms with Crippen LogP contribution in [-0.4, -0.2) is 5.54 Å². The highest BCUT2D eigenvalue weighted by atomic mass is 79.9. The van der Waals surface area contributed by atoms with Crippen molar-refractivity contribution in [3.63, 3.8) is 0 Å². The first kappa shape index (κ1) is 11.7. The molecule has 1 aromatic carbocycles. The van der Waals surface area contributed by atoms with Gasteiger partial charge in [-0.2, -0.15) is 0 Å². The number of nitrogens with one attached hydrogen (secondary N) is 1. The van der Waals surface area contributed by atoms with E-state index in [1.165, 1.54) is 5.56 Å². The van der Waals surface area contributed by atoms with Crippen molar-refractivity contribution in [2.24, 2.45) is 0 Å². The maximum atomic E-state index is 3.53. The van der Waals surface area contributed by atoms with Crippen LogP contribution in [-0.2, 0) is 6.54 Å². The molecule has 0 aliphatic rings. The highest BCUT2D eigenvalue weighted by molar-refractivity contribution is 9.10. The Kier molecular flexibility index (Phi) is 4.14. The van der Waals surface area contributed by atoms with Gasteiger partial charge in [0.05, 0.1) is 0 Å². The second kappa shape index (κ2) is 4.94. The smallest absolute Gasteiger partial charge is 0.0210 e. The van der Waals surface area contributed by atoms with E-state index in [0.717, 1.165) is 17.4 Å². The molecule has 78 valence electrons. The lowest BCUT2D eigenvalue weighted by Gasteiger charge is -2.24. The van der Waals surface area contributed by atoms with Gasteiger partial charge in [-0.3, -0.25) is 0 Å². The number of halogens is 1. The lowest BCUT2D eigenvalue weighted by atomic mass is 10.0. The predicted octanol–water partition coefficient (Wildman–Crippen LogP) is 3.73. The Morgan fingerprint density at radius 2 is 1.79 bits per heavy atom. The minimum absolute atomic E-state index is 0.229. The van der Waals surface area contributed by atoms with Crippen LogP contribution in [0.25, 0.3) is 0 Å². The van der Waals surface area contributed by atoms with E-state index in [-0.39, 0.29) is 5.54 Å². The Hall–Kier alpha value is -0.340. The van der Waals surface area contributed by atoms with Crippen molar-refractivity contribution < 1.29 is 0 Å². The molecule has 0 saturated heterocycles. The van der Waals surface area contributed by atoms with E-state index in [4.69, 9.17) is 0 Å². The summed E-state index contributed by atoms with van der Waals surface area (Å²) in [5.41, 5.74) is 1.56. The average molecular weight is 256 g/mol. The van der Waals surface area contributed by atoms with E-state index in [2.05, 4.69) is 66.3 Å². The van der Waals surface area contributed by atoms with Crippen LogP contribution in [0.15, 0.2) is 28.7 Å². The molecule has 1 aromatic rings. The minimum Gasteiger partial charge on any atom is -0.308 e. The molecule has 0 spiro atoms. The van der Waals surface area contributed by atoms with Crippen LogP contribution in [0.5, 0.6) is 0 Å². The van der Waals surface area contributed by atoms with Crippen molar-refractivity contribution in [1.29, 1.82) is 0 Å². The highest BCUT2D eigenvalue weighted by Crippen LogP contribution is 2.12. The van der Waals surface area contributed by atoms with E-state index in [0.29, 0.717) is 0 Å². The van der Waals surface area contributed by atoms with Gasteiger partial charge in [0, 0.05) is 16.6 Å². The molecule has 2 heteroatoms. The largest absolute Gasteiger partial charge is 0.308 e. The zero-order valence-corrected chi connectivity index (χ0v) is 10.7. The Bertz CT molecular complexity index is 277. The molecule has 0 aliphatic heterocycles. The molecule has 0 saturated carbocycles. The van der Waals surface area contributed by atoms with Gasteiger partial charge in [0.2, 0.25) is 0 Å². The van der Waals surface area contributed by atoms with Crippen molar-refractivity contribution in [2.75, 3.05) is 0 Å². The van der Waals surface area contributed by atoms with Crippen molar-refractivity contribution >= 4 is 15.9 Å². The summed E-state index contributed by atoms with van der Waals surface area (Å²) in [6.07, 6.45) is 1.14. The molecule has 0 unspecified atom stereocenters. The molecule has 0 atom stereocenters. The van der Waals surface area contributed by atoms with E-state index in [1.807, 2.05) is 0 Å². The zero-order valence-electron chi connectivity index (χ0n) is 9.10. The van der Waals surface area contributed by atoms with Gasteiger partial charge in [-0.1, -0.05) is 35.0 Å². The standard InChI is InChI=1S/C12H18BrN/c1-4-12(2,3)14-9-10-5-7-11(13)8-6-10/h5-8,14H,4,9H2,1-3H3. The summed E-state index contributed by atoms with van der Waals surface area (Å²) in [6, 6.07) is 8.44. The first-order chi connectivity index (χ1) is 6.53. The molecule has 1 N–H and O–H groups in total.